The molecule has 0 spiro atoms. The van der Waals surface area contributed by atoms with E-state index in [-0.39, 0.29) is 0 Å². The summed E-state index contributed by atoms with van der Waals surface area (Å²) < 4.78 is 11.5. The minimum absolute atomic E-state index is 0.514. The Hall–Kier alpha value is -2.11. The number of rotatable bonds is 6. The van der Waals surface area contributed by atoms with Crippen LogP contribution in [-0.2, 0) is 6.61 Å². The van der Waals surface area contributed by atoms with Crippen LogP contribution in [0.4, 0.5) is 0 Å². The van der Waals surface area contributed by atoms with E-state index in [0.717, 1.165) is 54.6 Å². The highest BCUT2D eigenvalue weighted by atomic mass is 32.1. The van der Waals surface area contributed by atoms with Gasteiger partial charge in [0, 0.05) is 31.7 Å². The van der Waals surface area contributed by atoms with Gasteiger partial charge in [0.2, 0.25) is 0 Å². The molecule has 1 heterocycles. The van der Waals surface area contributed by atoms with E-state index in [1.807, 2.05) is 48.5 Å². The van der Waals surface area contributed by atoms with Crippen molar-refractivity contribution in [3.05, 3.63) is 59.7 Å². The number of methoxy groups -OCH3 is 1. The Morgan fingerprint density at radius 3 is 2.38 bits per heavy atom. The Bertz CT molecular complexity index is 728. The Morgan fingerprint density at radius 2 is 1.73 bits per heavy atom. The van der Waals surface area contributed by atoms with E-state index in [1.165, 1.54) is 0 Å². The molecule has 0 atom stereocenters. The van der Waals surface area contributed by atoms with Gasteiger partial charge in [-0.25, -0.2) is 0 Å². The maximum Gasteiger partial charge on any atom is 0.161 e. The number of hydrogen-bond acceptors (Lipinski definition) is 4. The number of piperazine rings is 1. The average Bonchev–Trinajstić information content (AvgIpc) is 2.72. The monoisotopic (exact) mass is 370 g/mol. The van der Waals surface area contributed by atoms with Crippen LogP contribution in [0.25, 0.3) is 0 Å². The van der Waals surface area contributed by atoms with Crippen LogP contribution < -0.4 is 9.47 Å². The third-order valence-electron chi connectivity index (χ3n) is 4.75. The maximum atomic E-state index is 5.93. The molecular weight excluding hydrogens is 344 g/mol. The molecule has 1 aliphatic rings. The van der Waals surface area contributed by atoms with Gasteiger partial charge in [-0.1, -0.05) is 49.5 Å². The number of nitrogens with zero attached hydrogens (tertiary/aromatic N) is 2. The second-order valence-electron chi connectivity index (χ2n) is 6.37. The van der Waals surface area contributed by atoms with Crippen LogP contribution >= 0.6 is 12.2 Å². The van der Waals surface area contributed by atoms with Crippen LogP contribution in [0.1, 0.15) is 18.1 Å². The highest BCUT2D eigenvalue weighted by Gasteiger charge is 2.19. The highest BCUT2D eigenvalue weighted by molar-refractivity contribution is 7.80. The molecule has 4 nitrogen and oxygen atoms in total. The van der Waals surface area contributed by atoms with Gasteiger partial charge in [-0.3, -0.25) is 0 Å². The van der Waals surface area contributed by atoms with Crippen LogP contribution in [0.3, 0.4) is 0 Å². The van der Waals surface area contributed by atoms with E-state index >= 15 is 0 Å². The Balaban J connectivity index is 1.67. The summed E-state index contributed by atoms with van der Waals surface area (Å²) in [5.41, 5.74) is 2.14. The summed E-state index contributed by atoms with van der Waals surface area (Å²) in [4.78, 5) is 5.61. The highest BCUT2D eigenvalue weighted by Crippen LogP contribution is 2.29. The van der Waals surface area contributed by atoms with Crippen LogP contribution in [0.2, 0.25) is 0 Å². The van der Waals surface area contributed by atoms with E-state index in [1.54, 1.807) is 7.11 Å². The molecule has 0 aromatic heterocycles. The van der Waals surface area contributed by atoms with E-state index in [4.69, 9.17) is 21.7 Å². The van der Waals surface area contributed by atoms with Crippen molar-refractivity contribution < 1.29 is 9.47 Å². The Labute approximate surface area is 161 Å². The molecule has 0 saturated carbocycles. The van der Waals surface area contributed by atoms with Crippen molar-refractivity contribution in [3.8, 4) is 11.5 Å². The Morgan fingerprint density at radius 1 is 1.00 bits per heavy atom. The van der Waals surface area contributed by atoms with E-state index in [0.29, 0.717) is 12.4 Å². The first-order valence-corrected chi connectivity index (χ1v) is 9.48. The number of ether oxygens (including phenoxy) is 2. The zero-order valence-corrected chi connectivity index (χ0v) is 16.3. The fourth-order valence-corrected chi connectivity index (χ4v) is 3.41. The summed E-state index contributed by atoms with van der Waals surface area (Å²) in [7, 11) is 1.66. The minimum atomic E-state index is 0.514. The second-order valence-corrected chi connectivity index (χ2v) is 6.75. The van der Waals surface area contributed by atoms with Crippen molar-refractivity contribution in [1.82, 2.24) is 9.80 Å². The molecule has 1 aliphatic heterocycles. The van der Waals surface area contributed by atoms with Gasteiger partial charge in [0.25, 0.3) is 0 Å². The van der Waals surface area contributed by atoms with Crippen molar-refractivity contribution >= 4 is 17.2 Å². The lowest BCUT2D eigenvalue weighted by Crippen LogP contribution is -2.48. The zero-order chi connectivity index (χ0) is 18.4. The quantitative estimate of drug-likeness (QED) is 0.724. The maximum absolute atomic E-state index is 5.93. The smallest absolute Gasteiger partial charge is 0.161 e. The molecule has 2 aromatic rings. The van der Waals surface area contributed by atoms with Gasteiger partial charge in [-0.15, -0.1) is 0 Å². The van der Waals surface area contributed by atoms with Crippen LogP contribution in [0.15, 0.2) is 48.5 Å². The summed E-state index contributed by atoms with van der Waals surface area (Å²) >= 11 is 5.72. The van der Waals surface area contributed by atoms with E-state index < -0.39 is 0 Å². The number of likely N-dealkylation sites (N-methyl/N-ethyl adjacent to an activating group) is 1. The molecule has 0 unspecified atom stereocenters. The third-order valence-corrected chi connectivity index (χ3v) is 5.25. The standard InChI is InChI=1S/C21H26N2O2S/c1-3-22-11-13-23(14-12-22)21(26)18-9-10-19(20(15-18)24-2)25-16-17-7-5-4-6-8-17/h4-10,15H,3,11-14,16H2,1-2H3. The number of benzene rings is 2. The molecule has 0 radical (unpaired) electrons. The van der Waals surface area contributed by atoms with Crippen LogP contribution in [-0.4, -0.2) is 54.6 Å². The summed E-state index contributed by atoms with van der Waals surface area (Å²) in [5.74, 6) is 1.45. The molecule has 1 fully saturated rings. The van der Waals surface area contributed by atoms with Crippen molar-refractivity contribution in [2.24, 2.45) is 0 Å². The summed E-state index contributed by atoms with van der Waals surface area (Å²) in [6, 6.07) is 16.1. The molecule has 0 aliphatic carbocycles. The molecule has 138 valence electrons. The first-order valence-electron chi connectivity index (χ1n) is 9.07. The van der Waals surface area contributed by atoms with E-state index in [2.05, 4.69) is 16.7 Å². The van der Waals surface area contributed by atoms with Gasteiger partial charge in [0.1, 0.15) is 11.6 Å². The lowest BCUT2D eigenvalue weighted by Gasteiger charge is -2.35. The normalized spacial score (nSPS) is 14.9. The topological polar surface area (TPSA) is 24.9 Å². The molecule has 2 aromatic carbocycles. The van der Waals surface area contributed by atoms with Crippen molar-refractivity contribution in [2.75, 3.05) is 39.8 Å². The fraction of sp³-hybridized carbons (Fsp3) is 0.381. The van der Waals surface area contributed by atoms with Crippen LogP contribution in [0, 0.1) is 0 Å². The first kappa shape index (κ1) is 18.7. The summed E-state index contributed by atoms with van der Waals surface area (Å²) in [5, 5.41) is 0. The molecule has 0 amide bonds. The largest absolute Gasteiger partial charge is 0.493 e. The van der Waals surface area contributed by atoms with Crippen molar-refractivity contribution in [3.63, 3.8) is 0 Å². The van der Waals surface area contributed by atoms with Gasteiger partial charge in [0.15, 0.2) is 11.5 Å². The zero-order valence-electron chi connectivity index (χ0n) is 15.5. The summed E-state index contributed by atoms with van der Waals surface area (Å²) in [6.07, 6.45) is 0. The van der Waals surface area contributed by atoms with Gasteiger partial charge in [-0.2, -0.15) is 0 Å². The first-order chi connectivity index (χ1) is 12.7. The predicted octanol–water partition coefficient (Wildman–Crippen LogP) is 3.59. The van der Waals surface area contributed by atoms with Gasteiger partial charge < -0.3 is 19.3 Å². The lowest BCUT2D eigenvalue weighted by molar-refractivity contribution is 0.192. The van der Waals surface area contributed by atoms with Gasteiger partial charge in [0.05, 0.1) is 7.11 Å². The van der Waals surface area contributed by atoms with Crippen molar-refractivity contribution in [2.45, 2.75) is 13.5 Å². The van der Waals surface area contributed by atoms with Crippen LogP contribution in [0.5, 0.6) is 11.5 Å². The molecule has 1 saturated heterocycles. The number of thiocarbonyl (C=S) groups is 1. The molecule has 26 heavy (non-hydrogen) atoms. The molecule has 5 heteroatoms. The van der Waals surface area contributed by atoms with Crippen molar-refractivity contribution in [1.29, 1.82) is 0 Å². The van der Waals surface area contributed by atoms with E-state index in [9.17, 15) is 0 Å². The van der Waals surface area contributed by atoms with Gasteiger partial charge in [-0.05, 0) is 30.3 Å². The molecule has 0 N–H and O–H groups in total. The Kier molecular flexibility index (Phi) is 6.47. The third kappa shape index (κ3) is 4.54. The SMILES string of the molecule is CCN1CCN(C(=S)c2ccc(OCc3ccccc3)c(OC)c2)CC1. The predicted molar refractivity (Wildman–Crippen MR) is 109 cm³/mol. The van der Waals surface area contributed by atoms with Gasteiger partial charge >= 0.3 is 0 Å². The fourth-order valence-electron chi connectivity index (χ4n) is 3.10. The molecular formula is C21H26N2O2S. The second kappa shape index (κ2) is 9.01. The summed E-state index contributed by atoms with van der Waals surface area (Å²) in [6.45, 7) is 7.88. The lowest BCUT2D eigenvalue weighted by atomic mass is 10.1. The average molecular weight is 371 g/mol. The molecule has 0 bridgehead atoms. The molecule has 3 rings (SSSR count). The number of hydrogen-bond donors (Lipinski definition) is 0. The minimum Gasteiger partial charge on any atom is -0.493 e.